The lowest BCUT2D eigenvalue weighted by Gasteiger charge is -2.08. The van der Waals surface area contributed by atoms with E-state index in [0.29, 0.717) is 6.61 Å². The maximum absolute atomic E-state index is 5.75. The number of fused-ring (bicyclic) bond motifs is 1. The number of ether oxygens (including phenoxy) is 1. The van der Waals surface area contributed by atoms with E-state index in [-0.39, 0.29) is 0 Å². The van der Waals surface area contributed by atoms with Gasteiger partial charge in [-0.15, -0.1) is 0 Å². The zero-order valence-corrected chi connectivity index (χ0v) is 10.5. The van der Waals surface area contributed by atoms with Crippen LogP contribution in [0.5, 0.6) is 0 Å². The predicted molar refractivity (Wildman–Crippen MR) is 75.0 cm³/mol. The highest BCUT2D eigenvalue weighted by molar-refractivity contribution is 5.47. The summed E-state index contributed by atoms with van der Waals surface area (Å²) in [5, 5.41) is 0. The molecule has 0 aliphatic heterocycles. The number of rotatable bonds is 5. The zero-order valence-electron chi connectivity index (χ0n) is 10.5. The second kappa shape index (κ2) is 4.95. The van der Waals surface area contributed by atoms with Gasteiger partial charge in [0.05, 0.1) is 13.2 Å². The molecule has 1 aromatic rings. The van der Waals surface area contributed by atoms with Crippen molar-refractivity contribution in [1.82, 2.24) is 0 Å². The molecular formula is C17H18O. The van der Waals surface area contributed by atoms with E-state index in [9.17, 15) is 0 Å². The smallest absolute Gasteiger partial charge is 0.0721 e. The first kappa shape index (κ1) is 11.5. The Bertz CT molecular complexity index is 493. The molecule has 0 aromatic heterocycles. The molecule has 2 aliphatic rings. The summed E-state index contributed by atoms with van der Waals surface area (Å²) in [5.74, 6) is 1.64. The monoisotopic (exact) mass is 238 g/mol. The second-order valence-electron chi connectivity index (χ2n) is 5.10. The largest absolute Gasteiger partial charge is 0.372 e. The van der Waals surface area contributed by atoms with Gasteiger partial charge in [0.25, 0.3) is 0 Å². The van der Waals surface area contributed by atoms with E-state index in [0.717, 1.165) is 24.0 Å². The van der Waals surface area contributed by atoms with Gasteiger partial charge in [0.15, 0.2) is 0 Å². The molecule has 1 heteroatoms. The standard InChI is InChI=1S/C17H18O/c1-2-13-3-5-14(6-4-13)11-18-12-15-7-8-16-10-17(16)9-15/h2-9,16-17H,1,10-12H2. The van der Waals surface area contributed by atoms with E-state index in [1.165, 1.54) is 17.6 Å². The van der Waals surface area contributed by atoms with E-state index < -0.39 is 0 Å². The first-order valence-corrected chi connectivity index (χ1v) is 6.53. The average molecular weight is 238 g/mol. The highest BCUT2D eigenvalue weighted by Crippen LogP contribution is 2.44. The van der Waals surface area contributed by atoms with Gasteiger partial charge in [0.2, 0.25) is 0 Å². The maximum Gasteiger partial charge on any atom is 0.0721 e. The Balaban J connectivity index is 1.49. The molecule has 1 nitrogen and oxygen atoms in total. The van der Waals surface area contributed by atoms with Crippen LogP contribution in [0.1, 0.15) is 17.5 Å². The topological polar surface area (TPSA) is 9.23 Å². The number of hydrogen-bond donors (Lipinski definition) is 0. The lowest BCUT2D eigenvalue weighted by atomic mass is 10.1. The molecule has 0 heterocycles. The molecule has 3 rings (SSSR count). The summed E-state index contributed by atoms with van der Waals surface area (Å²) in [5.41, 5.74) is 3.69. The summed E-state index contributed by atoms with van der Waals surface area (Å²) in [7, 11) is 0. The van der Waals surface area contributed by atoms with Gasteiger partial charge < -0.3 is 4.74 Å². The molecule has 92 valence electrons. The van der Waals surface area contributed by atoms with E-state index in [1.54, 1.807) is 0 Å². The first-order chi connectivity index (χ1) is 8.85. The summed E-state index contributed by atoms with van der Waals surface area (Å²) in [6.45, 7) is 5.15. The van der Waals surface area contributed by atoms with E-state index >= 15 is 0 Å². The molecule has 0 amide bonds. The zero-order chi connectivity index (χ0) is 12.4. The van der Waals surface area contributed by atoms with Crippen molar-refractivity contribution in [2.75, 3.05) is 6.61 Å². The van der Waals surface area contributed by atoms with Crippen LogP contribution >= 0.6 is 0 Å². The second-order valence-corrected chi connectivity index (χ2v) is 5.10. The van der Waals surface area contributed by atoms with Gasteiger partial charge in [-0.25, -0.2) is 0 Å². The van der Waals surface area contributed by atoms with Crippen molar-refractivity contribution in [3.8, 4) is 0 Å². The van der Waals surface area contributed by atoms with Gasteiger partial charge in [-0.2, -0.15) is 0 Å². The van der Waals surface area contributed by atoms with Gasteiger partial charge in [-0.1, -0.05) is 55.1 Å². The van der Waals surface area contributed by atoms with Crippen LogP contribution in [-0.4, -0.2) is 6.61 Å². The Labute approximate surface area is 108 Å². The summed E-state index contributed by atoms with van der Waals surface area (Å²) in [4.78, 5) is 0. The van der Waals surface area contributed by atoms with Gasteiger partial charge in [-0.3, -0.25) is 0 Å². The predicted octanol–water partition coefficient (Wildman–Crippen LogP) is 3.98. The molecular weight excluding hydrogens is 220 g/mol. The first-order valence-electron chi connectivity index (χ1n) is 6.53. The van der Waals surface area contributed by atoms with Gasteiger partial charge in [0, 0.05) is 0 Å². The minimum atomic E-state index is 0.677. The third-order valence-electron chi connectivity index (χ3n) is 3.63. The van der Waals surface area contributed by atoms with Crippen molar-refractivity contribution < 1.29 is 4.74 Å². The molecule has 0 radical (unpaired) electrons. The van der Waals surface area contributed by atoms with E-state index in [1.807, 2.05) is 6.08 Å². The minimum absolute atomic E-state index is 0.677. The molecule has 0 spiro atoms. The third kappa shape index (κ3) is 2.62. The molecule has 1 fully saturated rings. The fourth-order valence-corrected chi connectivity index (χ4v) is 2.36. The lowest BCUT2D eigenvalue weighted by Crippen LogP contribution is -2.00. The van der Waals surface area contributed by atoms with Gasteiger partial charge >= 0.3 is 0 Å². The Hall–Kier alpha value is -1.60. The molecule has 18 heavy (non-hydrogen) atoms. The van der Waals surface area contributed by atoms with Gasteiger partial charge in [-0.05, 0) is 35.0 Å². The molecule has 0 saturated heterocycles. The van der Waals surface area contributed by atoms with E-state index in [4.69, 9.17) is 4.74 Å². The number of hydrogen-bond acceptors (Lipinski definition) is 1. The highest BCUT2D eigenvalue weighted by atomic mass is 16.5. The van der Waals surface area contributed by atoms with Crippen LogP contribution < -0.4 is 0 Å². The van der Waals surface area contributed by atoms with Crippen molar-refractivity contribution in [2.24, 2.45) is 11.8 Å². The average Bonchev–Trinajstić information content (AvgIpc) is 3.18. The summed E-state index contributed by atoms with van der Waals surface area (Å²) < 4.78 is 5.75. The quantitative estimate of drug-likeness (QED) is 0.754. The maximum atomic E-state index is 5.75. The van der Waals surface area contributed by atoms with Crippen molar-refractivity contribution in [2.45, 2.75) is 13.0 Å². The third-order valence-corrected chi connectivity index (χ3v) is 3.63. The number of allylic oxidation sites excluding steroid dienone is 2. The summed E-state index contributed by atoms with van der Waals surface area (Å²) >= 11 is 0. The van der Waals surface area contributed by atoms with Crippen LogP contribution in [0.4, 0.5) is 0 Å². The molecule has 1 aromatic carbocycles. The Morgan fingerprint density at radius 3 is 2.72 bits per heavy atom. The summed E-state index contributed by atoms with van der Waals surface area (Å²) in [6.07, 6.45) is 10.1. The fourth-order valence-electron chi connectivity index (χ4n) is 2.36. The fraction of sp³-hybridized carbons (Fsp3) is 0.294. The van der Waals surface area contributed by atoms with Crippen molar-refractivity contribution in [1.29, 1.82) is 0 Å². The molecule has 1 saturated carbocycles. The van der Waals surface area contributed by atoms with Crippen molar-refractivity contribution in [3.63, 3.8) is 0 Å². The molecule has 2 atom stereocenters. The van der Waals surface area contributed by atoms with Crippen LogP contribution in [0.25, 0.3) is 6.08 Å². The Morgan fingerprint density at radius 2 is 2.00 bits per heavy atom. The van der Waals surface area contributed by atoms with Crippen molar-refractivity contribution >= 4 is 6.08 Å². The summed E-state index contributed by atoms with van der Waals surface area (Å²) in [6, 6.07) is 8.33. The molecule has 0 bridgehead atoms. The van der Waals surface area contributed by atoms with Crippen LogP contribution in [0.2, 0.25) is 0 Å². The van der Waals surface area contributed by atoms with Crippen LogP contribution in [0, 0.1) is 11.8 Å². The molecule has 2 aliphatic carbocycles. The van der Waals surface area contributed by atoms with Crippen LogP contribution in [0.15, 0.2) is 54.6 Å². The lowest BCUT2D eigenvalue weighted by molar-refractivity contribution is 0.144. The SMILES string of the molecule is C=Cc1ccc(COCC2=CC3CC3C=C2)cc1. The minimum Gasteiger partial charge on any atom is -0.372 e. The molecule has 0 N–H and O–H groups in total. The normalized spacial score (nSPS) is 24.3. The Morgan fingerprint density at radius 1 is 1.17 bits per heavy atom. The van der Waals surface area contributed by atoms with Crippen molar-refractivity contribution in [3.05, 3.63) is 65.8 Å². The van der Waals surface area contributed by atoms with Gasteiger partial charge in [0.1, 0.15) is 0 Å². The van der Waals surface area contributed by atoms with E-state index in [2.05, 4.69) is 49.1 Å². The molecule has 2 unspecified atom stereocenters. The van der Waals surface area contributed by atoms with Crippen LogP contribution in [0.3, 0.4) is 0 Å². The highest BCUT2D eigenvalue weighted by Gasteiger charge is 2.34. The Kier molecular flexibility index (Phi) is 3.16. The van der Waals surface area contributed by atoms with Crippen LogP contribution in [-0.2, 0) is 11.3 Å². The number of benzene rings is 1.